The first-order chi connectivity index (χ1) is 6.68. The number of carbonyl (C=O) groups is 1. The summed E-state index contributed by atoms with van der Waals surface area (Å²) in [6.07, 6.45) is 2.69. The number of carboxylic acids is 1. The molecule has 70 valence electrons. The molecule has 0 spiro atoms. The van der Waals surface area contributed by atoms with Crippen LogP contribution in [0.5, 0.6) is 0 Å². The van der Waals surface area contributed by atoms with Crippen LogP contribution < -0.4 is 0 Å². The molecule has 0 radical (unpaired) electrons. The van der Waals surface area contributed by atoms with E-state index >= 15 is 0 Å². The standard InChI is InChI=1S/C10H6FNO2/c11-7-1-2-8-6(3-7)4-12-5-9(8)10(13)14/h1-5H,(H,13,14). The molecular weight excluding hydrogens is 185 g/mol. The molecule has 0 saturated carbocycles. The zero-order valence-electron chi connectivity index (χ0n) is 7.07. The van der Waals surface area contributed by atoms with Crippen molar-refractivity contribution in [2.75, 3.05) is 0 Å². The second kappa shape index (κ2) is 3.06. The molecule has 0 saturated heterocycles. The number of halogens is 1. The molecule has 4 heteroatoms. The lowest BCUT2D eigenvalue weighted by atomic mass is 10.1. The molecule has 0 unspecified atom stereocenters. The van der Waals surface area contributed by atoms with E-state index in [0.29, 0.717) is 10.8 Å². The Bertz CT molecular complexity index is 510. The van der Waals surface area contributed by atoms with Gasteiger partial charge in [-0.15, -0.1) is 0 Å². The fraction of sp³-hybridized carbons (Fsp3) is 0. The molecular formula is C10H6FNO2. The first kappa shape index (κ1) is 8.62. The Labute approximate surface area is 78.8 Å². The summed E-state index contributed by atoms with van der Waals surface area (Å²) in [5.74, 6) is -1.46. The van der Waals surface area contributed by atoms with E-state index in [2.05, 4.69) is 4.98 Å². The highest BCUT2D eigenvalue weighted by atomic mass is 19.1. The highest BCUT2D eigenvalue weighted by molar-refractivity contribution is 6.02. The maximum atomic E-state index is 12.8. The Kier molecular flexibility index (Phi) is 1.89. The van der Waals surface area contributed by atoms with Gasteiger partial charge in [-0.1, -0.05) is 6.07 Å². The van der Waals surface area contributed by atoms with Gasteiger partial charge in [-0.25, -0.2) is 9.18 Å². The third kappa shape index (κ3) is 1.31. The zero-order chi connectivity index (χ0) is 10.1. The average Bonchev–Trinajstić information content (AvgIpc) is 2.16. The number of pyridine rings is 1. The summed E-state index contributed by atoms with van der Waals surface area (Å²) >= 11 is 0. The van der Waals surface area contributed by atoms with Crippen LogP contribution >= 0.6 is 0 Å². The monoisotopic (exact) mass is 191 g/mol. The number of carboxylic acid groups (broad SMARTS) is 1. The van der Waals surface area contributed by atoms with Gasteiger partial charge in [-0.2, -0.15) is 0 Å². The third-order valence-electron chi connectivity index (χ3n) is 1.95. The molecule has 0 aliphatic heterocycles. The summed E-state index contributed by atoms with van der Waals surface area (Å²) in [6, 6.07) is 3.93. The van der Waals surface area contributed by atoms with Gasteiger partial charge in [0.15, 0.2) is 0 Å². The van der Waals surface area contributed by atoms with E-state index in [1.807, 2.05) is 0 Å². The normalized spacial score (nSPS) is 10.4. The van der Waals surface area contributed by atoms with Crippen LogP contribution in [0.4, 0.5) is 4.39 Å². The predicted molar refractivity (Wildman–Crippen MR) is 48.7 cm³/mol. The summed E-state index contributed by atoms with van der Waals surface area (Å²) in [7, 11) is 0. The first-order valence-electron chi connectivity index (χ1n) is 3.95. The summed E-state index contributed by atoms with van der Waals surface area (Å²) in [5, 5.41) is 9.80. The molecule has 3 nitrogen and oxygen atoms in total. The Hall–Kier alpha value is -1.97. The van der Waals surface area contributed by atoms with Crippen LogP contribution in [0.15, 0.2) is 30.6 Å². The van der Waals surface area contributed by atoms with E-state index in [1.165, 1.54) is 30.6 Å². The van der Waals surface area contributed by atoms with Crippen LogP contribution in [0.1, 0.15) is 10.4 Å². The lowest BCUT2D eigenvalue weighted by Gasteiger charge is -2.00. The van der Waals surface area contributed by atoms with Gasteiger partial charge in [0.05, 0.1) is 5.56 Å². The Morgan fingerprint density at radius 3 is 2.86 bits per heavy atom. The van der Waals surface area contributed by atoms with Crippen molar-refractivity contribution in [2.45, 2.75) is 0 Å². The second-order valence-electron chi connectivity index (χ2n) is 2.86. The van der Waals surface area contributed by atoms with E-state index in [9.17, 15) is 9.18 Å². The van der Waals surface area contributed by atoms with Crippen LogP contribution in [-0.2, 0) is 0 Å². The van der Waals surface area contributed by atoms with Crippen molar-refractivity contribution in [3.8, 4) is 0 Å². The molecule has 1 aromatic carbocycles. The minimum absolute atomic E-state index is 0.0856. The molecule has 1 aromatic heterocycles. The van der Waals surface area contributed by atoms with Gasteiger partial charge in [-0.05, 0) is 17.5 Å². The molecule has 1 heterocycles. The highest BCUT2D eigenvalue weighted by Gasteiger charge is 2.08. The van der Waals surface area contributed by atoms with Gasteiger partial charge in [0.2, 0.25) is 0 Å². The van der Waals surface area contributed by atoms with Gasteiger partial charge in [0, 0.05) is 17.8 Å². The molecule has 0 aliphatic rings. The number of fused-ring (bicyclic) bond motifs is 1. The van der Waals surface area contributed by atoms with E-state index < -0.39 is 11.8 Å². The van der Waals surface area contributed by atoms with Crippen molar-refractivity contribution in [1.29, 1.82) is 0 Å². The number of aromatic carboxylic acids is 1. The van der Waals surface area contributed by atoms with E-state index in [1.54, 1.807) is 0 Å². The molecule has 0 bridgehead atoms. The molecule has 0 fully saturated rings. The third-order valence-corrected chi connectivity index (χ3v) is 1.95. The minimum atomic E-state index is -1.06. The predicted octanol–water partition coefficient (Wildman–Crippen LogP) is 2.07. The second-order valence-corrected chi connectivity index (χ2v) is 2.86. The topological polar surface area (TPSA) is 50.2 Å². The minimum Gasteiger partial charge on any atom is -0.478 e. The lowest BCUT2D eigenvalue weighted by molar-refractivity contribution is 0.0698. The van der Waals surface area contributed by atoms with Crippen molar-refractivity contribution in [2.24, 2.45) is 0 Å². The number of benzene rings is 1. The van der Waals surface area contributed by atoms with Crippen molar-refractivity contribution in [3.05, 3.63) is 42.0 Å². The smallest absolute Gasteiger partial charge is 0.337 e. The Morgan fingerprint density at radius 2 is 2.14 bits per heavy atom. The number of nitrogens with zero attached hydrogens (tertiary/aromatic N) is 1. The van der Waals surface area contributed by atoms with E-state index in [0.717, 1.165) is 0 Å². The van der Waals surface area contributed by atoms with E-state index in [-0.39, 0.29) is 5.56 Å². The van der Waals surface area contributed by atoms with Crippen molar-refractivity contribution >= 4 is 16.7 Å². The summed E-state index contributed by atoms with van der Waals surface area (Å²) in [6.45, 7) is 0. The summed E-state index contributed by atoms with van der Waals surface area (Å²) in [5.41, 5.74) is 0.0856. The fourth-order valence-corrected chi connectivity index (χ4v) is 1.32. The first-order valence-corrected chi connectivity index (χ1v) is 3.95. The van der Waals surface area contributed by atoms with E-state index in [4.69, 9.17) is 5.11 Å². The van der Waals surface area contributed by atoms with Crippen molar-refractivity contribution in [1.82, 2.24) is 4.98 Å². The van der Waals surface area contributed by atoms with Gasteiger partial charge >= 0.3 is 5.97 Å². The number of rotatable bonds is 1. The molecule has 0 amide bonds. The Morgan fingerprint density at radius 1 is 1.36 bits per heavy atom. The average molecular weight is 191 g/mol. The van der Waals surface area contributed by atoms with Gasteiger partial charge in [0.25, 0.3) is 0 Å². The molecule has 14 heavy (non-hydrogen) atoms. The SMILES string of the molecule is O=C(O)c1cncc2cc(F)ccc12. The van der Waals surface area contributed by atoms with Crippen LogP contribution in [0, 0.1) is 5.82 Å². The number of hydrogen-bond donors (Lipinski definition) is 1. The van der Waals surface area contributed by atoms with Crippen molar-refractivity contribution < 1.29 is 14.3 Å². The van der Waals surface area contributed by atoms with Gasteiger partial charge in [-0.3, -0.25) is 4.98 Å². The number of aromatic nitrogens is 1. The van der Waals surface area contributed by atoms with Crippen molar-refractivity contribution in [3.63, 3.8) is 0 Å². The Balaban J connectivity index is 2.81. The fourth-order valence-electron chi connectivity index (χ4n) is 1.32. The van der Waals surface area contributed by atoms with Gasteiger partial charge in [0.1, 0.15) is 5.82 Å². The quantitative estimate of drug-likeness (QED) is 0.750. The highest BCUT2D eigenvalue weighted by Crippen LogP contribution is 2.18. The largest absolute Gasteiger partial charge is 0.478 e. The van der Waals surface area contributed by atoms with Crippen LogP contribution in [0.2, 0.25) is 0 Å². The van der Waals surface area contributed by atoms with Gasteiger partial charge < -0.3 is 5.11 Å². The van der Waals surface area contributed by atoms with Crippen LogP contribution in [-0.4, -0.2) is 16.1 Å². The molecule has 2 aromatic rings. The molecule has 1 N–H and O–H groups in total. The summed E-state index contributed by atoms with van der Waals surface area (Å²) < 4.78 is 12.8. The van der Waals surface area contributed by atoms with Crippen LogP contribution in [0.3, 0.4) is 0 Å². The molecule has 0 atom stereocenters. The number of hydrogen-bond acceptors (Lipinski definition) is 2. The summed E-state index contributed by atoms with van der Waals surface area (Å²) in [4.78, 5) is 14.5. The maximum Gasteiger partial charge on any atom is 0.337 e. The molecule has 0 aliphatic carbocycles. The molecule has 2 rings (SSSR count). The maximum absolute atomic E-state index is 12.8. The zero-order valence-corrected chi connectivity index (χ0v) is 7.07. The lowest BCUT2D eigenvalue weighted by Crippen LogP contribution is -1.98. The van der Waals surface area contributed by atoms with Crippen LogP contribution in [0.25, 0.3) is 10.8 Å².